The predicted molar refractivity (Wildman–Crippen MR) is 113 cm³/mol. The molecule has 0 spiro atoms. The number of hydrogen-bond acceptors (Lipinski definition) is 4. The van der Waals surface area contributed by atoms with Gasteiger partial charge in [-0.15, -0.1) is 0 Å². The van der Waals surface area contributed by atoms with Gasteiger partial charge in [-0.1, -0.05) is 6.92 Å². The zero-order valence-corrected chi connectivity index (χ0v) is 16.3. The number of benzene rings is 1. The molecule has 148 valence electrons. The maximum Gasteiger partial charge on any atom is 0.225 e. The van der Waals surface area contributed by atoms with E-state index in [0.717, 1.165) is 23.8 Å². The van der Waals surface area contributed by atoms with Crippen LogP contribution in [0.5, 0.6) is 0 Å². The van der Waals surface area contributed by atoms with E-state index in [-0.39, 0.29) is 11.7 Å². The van der Waals surface area contributed by atoms with Crippen LogP contribution >= 0.6 is 0 Å². The zero-order chi connectivity index (χ0) is 20.8. The van der Waals surface area contributed by atoms with Gasteiger partial charge >= 0.3 is 0 Å². The summed E-state index contributed by atoms with van der Waals surface area (Å²) in [6.07, 6.45) is 7.20. The highest BCUT2D eigenvalue weighted by atomic mass is 19.1. The third kappa shape index (κ3) is 4.82. The number of nitrogens with one attached hydrogen (secondary N) is 3. The average molecular weight is 391 g/mol. The summed E-state index contributed by atoms with van der Waals surface area (Å²) >= 11 is 0. The fourth-order valence-corrected chi connectivity index (χ4v) is 2.91. The summed E-state index contributed by atoms with van der Waals surface area (Å²) in [5.74, 6) is 0.646. The van der Waals surface area contributed by atoms with Gasteiger partial charge in [-0.05, 0) is 61.4 Å². The van der Waals surface area contributed by atoms with E-state index < -0.39 is 0 Å². The van der Waals surface area contributed by atoms with Crippen LogP contribution in [0.4, 0.5) is 10.2 Å². The predicted octanol–water partition coefficient (Wildman–Crippen LogP) is 4.99. The first-order chi connectivity index (χ1) is 14.0. The molecule has 0 aliphatic carbocycles. The Hall–Kier alpha value is -3.61. The standard InChI is InChI=1S/C22H22FN5O/c1-3-5-20(29)26-19-13-16(9-11-25-19)22-21(27-18(28-22)6-4-10-24)15-7-8-17(23)14(2)12-15/h4,6-13,24H,3,5H2,1-2H3,(H,27,28)(H,25,26,29)/b6-4-,24-10?. The molecule has 2 aromatic heterocycles. The molecule has 0 fully saturated rings. The van der Waals surface area contributed by atoms with Crippen molar-refractivity contribution in [3.63, 3.8) is 0 Å². The van der Waals surface area contributed by atoms with Crippen molar-refractivity contribution in [2.75, 3.05) is 5.32 Å². The number of imidazole rings is 1. The van der Waals surface area contributed by atoms with Crippen LogP contribution < -0.4 is 5.32 Å². The van der Waals surface area contributed by atoms with Crippen molar-refractivity contribution in [1.82, 2.24) is 15.0 Å². The van der Waals surface area contributed by atoms with E-state index in [2.05, 4.69) is 20.3 Å². The summed E-state index contributed by atoms with van der Waals surface area (Å²) in [6.45, 7) is 3.64. The number of aryl methyl sites for hydroxylation is 1. The summed E-state index contributed by atoms with van der Waals surface area (Å²) in [6, 6.07) is 8.42. The lowest BCUT2D eigenvalue weighted by atomic mass is 10.0. The van der Waals surface area contributed by atoms with E-state index >= 15 is 0 Å². The Bertz CT molecular complexity index is 1070. The van der Waals surface area contributed by atoms with Crippen LogP contribution in [-0.2, 0) is 4.79 Å². The van der Waals surface area contributed by atoms with Gasteiger partial charge < -0.3 is 15.7 Å². The van der Waals surface area contributed by atoms with Gasteiger partial charge in [0.25, 0.3) is 0 Å². The Morgan fingerprint density at radius 1 is 1.28 bits per heavy atom. The second kappa shape index (κ2) is 9.05. The second-order valence-electron chi connectivity index (χ2n) is 6.56. The molecule has 1 aromatic carbocycles. The van der Waals surface area contributed by atoms with Gasteiger partial charge in [0.15, 0.2) is 0 Å². The number of carbonyl (C=O) groups excluding carboxylic acids is 1. The molecule has 0 aliphatic rings. The van der Waals surface area contributed by atoms with Crippen molar-refractivity contribution in [1.29, 1.82) is 5.41 Å². The molecule has 1 amide bonds. The topological polar surface area (TPSA) is 94.5 Å². The number of amides is 1. The lowest BCUT2D eigenvalue weighted by Crippen LogP contribution is -2.11. The molecule has 0 radical (unpaired) electrons. The molecule has 3 rings (SSSR count). The van der Waals surface area contributed by atoms with Gasteiger partial charge in [0, 0.05) is 30.0 Å². The summed E-state index contributed by atoms with van der Waals surface area (Å²) in [7, 11) is 0. The highest BCUT2D eigenvalue weighted by Crippen LogP contribution is 2.32. The Balaban J connectivity index is 2.07. The number of nitrogens with zero attached hydrogens (tertiary/aromatic N) is 2. The number of anilines is 1. The number of aromatic nitrogens is 3. The Kier molecular flexibility index (Phi) is 6.29. The quantitative estimate of drug-likeness (QED) is 0.495. The van der Waals surface area contributed by atoms with Gasteiger partial charge in [-0.25, -0.2) is 14.4 Å². The molecule has 3 N–H and O–H groups in total. The Labute approximate surface area is 168 Å². The number of rotatable bonds is 7. The molecule has 29 heavy (non-hydrogen) atoms. The molecule has 0 bridgehead atoms. The zero-order valence-electron chi connectivity index (χ0n) is 16.3. The fraction of sp³-hybridized carbons (Fsp3) is 0.182. The monoisotopic (exact) mass is 391 g/mol. The molecule has 0 saturated heterocycles. The van der Waals surface area contributed by atoms with E-state index in [0.29, 0.717) is 35.0 Å². The summed E-state index contributed by atoms with van der Waals surface area (Å²) in [5, 5.41) is 9.97. The number of H-pyrrole nitrogens is 1. The van der Waals surface area contributed by atoms with Crippen LogP contribution in [0.1, 0.15) is 31.2 Å². The number of allylic oxidation sites excluding steroid dienone is 1. The molecule has 0 unspecified atom stereocenters. The highest BCUT2D eigenvalue weighted by Gasteiger charge is 2.15. The maximum absolute atomic E-state index is 13.7. The minimum Gasteiger partial charge on any atom is -0.338 e. The highest BCUT2D eigenvalue weighted by molar-refractivity contribution is 5.91. The lowest BCUT2D eigenvalue weighted by Gasteiger charge is -2.07. The summed E-state index contributed by atoms with van der Waals surface area (Å²) < 4.78 is 13.7. The first kappa shape index (κ1) is 20.1. The van der Waals surface area contributed by atoms with E-state index in [1.165, 1.54) is 6.07 Å². The normalized spacial score (nSPS) is 11.0. The SMILES string of the molecule is CCCC(=O)Nc1cc(-c2[nH]c(/C=C\C=N)nc2-c2ccc(F)c(C)c2)ccn1. The van der Waals surface area contributed by atoms with E-state index in [4.69, 9.17) is 5.41 Å². The molecular formula is C22H22FN5O. The number of carbonyl (C=O) groups is 1. The minimum atomic E-state index is -0.278. The van der Waals surface area contributed by atoms with Crippen molar-refractivity contribution in [3.8, 4) is 22.5 Å². The van der Waals surface area contributed by atoms with Crippen LogP contribution in [0.15, 0.2) is 42.6 Å². The van der Waals surface area contributed by atoms with Crippen molar-refractivity contribution in [2.24, 2.45) is 0 Å². The number of halogens is 1. The van der Waals surface area contributed by atoms with Gasteiger partial charge in [-0.3, -0.25) is 4.79 Å². The average Bonchev–Trinajstić information content (AvgIpc) is 3.13. The van der Waals surface area contributed by atoms with Gasteiger partial charge in [0.1, 0.15) is 17.5 Å². The van der Waals surface area contributed by atoms with Crippen LogP contribution in [0, 0.1) is 18.2 Å². The van der Waals surface area contributed by atoms with Crippen LogP contribution in [0.2, 0.25) is 0 Å². The van der Waals surface area contributed by atoms with E-state index in [1.807, 2.05) is 13.0 Å². The van der Waals surface area contributed by atoms with Crippen LogP contribution in [0.3, 0.4) is 0 Å². The summed E-state index contributed by atoms with van der Waals surface area (Å²) in [5.41, 5.74) is 3.43. The first-order valence-corrected chi connectivity index (χ1v) is 9.31. The first-order valence-electron chi connectivity index (χ1n) is 9.31. The third-order valence-corrected chi connectivity index (χ3v) is 4.30. The van der Waals surface area contributed by atoms with Crippen molar-refractivity contribution in [2.45, 2.75) is 26.7 Å². The number of aromatic amines is 1. The number of pyridine rings is 1. The third-order valence-electron chi connectivity index (χ3n) is 4.30. The molecule has 0 aliphatic heterocycles. The van der Waals surface area contributed by atoms with Crippen LogP contribution in [-0.4, -0.2) is 27.1 Å². The van der Waals surface area contributed by atoms with E-state index in [9.17, 15) is 9.18 Å². The number of hydrogen-bond donors (Lipinski definition) is 3. The lowest BCUT2D eigenvalue weighted by molar-refractivity contribution is -0.116. The summed E-state index contributed by atoms with van der Waals surface area (Å²) in [4.78, 5) is 24.0. The molecule has 2 heterocycles. The molecule has 3 aromatic rings. The molecule has 7 heteroatoms. The molecule has 0 saturated carbocycles. The molecule has 0 atom stereocenters. The van der Waals surface area contributed by atoms with Crippen molar-refractivity contribution in [3.05, 3.63) is 59.8 Å². The van der Waals surface area contributed by atoms with Gasteiger partial charge in [0.2, 0.25) is 5.91 Å². The molecule has 6 nitrogen and oxygen atoms in total. The maximum atomic E-state index is 13.7. The minimum absolute atomic E-state index is 0.0919. The molecular weight excluding hydrogens is 369 g/mol. The van der Waals surface area contributed by atoms with Crippen LogP contribution in [0.25, 0.3) is 28.6 Å². The largest absolute Gasteiger partial charge is 0.338 e. The van der Waals surface area contributed by atoms with Crippen molar-refractivity contribution >= 4 is 24.0 Å². The smallest absolute Gasteiger partial charge is 0.225 e. The van der Waals surface area contributed by atoms with Gasteiger partial charge in [0.05, 0.1) is 11.4 Å². The van der Waals surface area contributed by atoms with Crippen molar-refractivity contribution < 1.29 is 9.18 Å². The van der Waals surface area contributed by atoms with Gasteiger partial charge in [-0.2, -0.15) is 0 Å². The Morgan fingerprint density at radius 3 is 2.83 bits per heavy atom. The second-order valence-corrected chi connectivity index (χ2v) is 6.56. The van der Waals surface area contributed by atoms with E-state index in [1.54, 1.807) is 43.5 Å². The Morgan fingerprint density at radius 2 is 2.10 bits per heavy atom. The fourth-order valence-electron chi connectivity index (χ4n) is 2.91.